The second kappa shape index (κ2) is 10.3. The van der Waals surface area contributed by atoms with Gasteiger partial charge in [-0.3, -0.25) is 9.59 Å². The molecule has 0 aliphatic carbocycles. The Morgan fingerprint density at radius 1 is 1.00 bits per heavy atom. The molecule has 9 nitrogen and oxygen atoms in total. The van der Waals surface area contributed by atoms with Gasteiger partial charge >= 0.3 is 0 Å². The smallest absolute Gasteiger partial charge is 0.263 e. The number of amidine groups is 2. The Hall–Kier alpha value is -3.80. The number of carbonyl (C=O) groups is 2. The van der Waals surface area contributed by atoms with Crippen LogP contribution in [-0.2, 0) is 26.0 Å². The van der Waals surface area contributed by atoms with E-state index in [1.165, 1.54) is 28.8 Å². The van der Waals surface area contributed by atoms with Gasteiger partial charge in [-0.05, 0) is 41.8 Å². The van der Waals surface area contributed by atoms with Crippen molar-refractivity contribution in [3.63, 3.8) is 0 Å². The lowest BCUT2D eigenvalue weighted by Crippen LogP contribution is -2.40. The molecule has 3 aromatic carbocycles. The highest BCUT2D eigenvalue weighted by atomic mass is 32.2. The molecule has 37 heavy (non-hydrogen) atoms. The van der Waals surface area contributed by atoms with E-state index < -0.39 is 16.1 Å². The Morgan fingerprint density at radius 2 is 1.70 bits per heavy atom. The fraction of sp³-hybridized carbons (Fsp3) is 0.154. The number of fused-ring (bicyclic) bond motifs is 3. The van der Waals surface area contributed by atoms with E-state index in [0.717, 1.165) is 16.7 Å². The summed E-state index contributed by atoms with van der Waals surface area (Å²) in [7, 11) is -3.74. The summed E-state index contributed by atoms with van der Waals surface area (Å²) in [6.07, 6.45) is 0.524. The van der Waals surface area contributed by atoms with Gasteiger partial charge < -0.3 is 5.32 Å². The molecule has 0 unspecified atom stereocenters. The maximum absolute atomic E-state index is 13.4. The monoisotopic (exact) mass is 533 g/mol. The molecule has 2 aliphatic heterocycles. The van der Waals surface area contributed by atoms with Crippen molar-refractivity contribution in [1.82, 2.24) is 10.2 Å². The lowest BCUT2D eigenvalue weighted by atomic mass is 10.1. The summed E-state index contributed by atoms with van der Waals surface area (Å²) in [6, 6.07) is 22.4. The van der Waals surface area contributed by atoms with Gasteiger partial charge in [0, 0.05) is 12.1 Å². The third-order valence-electron chi connectivity index (χ3n) is 5.91. The number of rotatable bonds is 7. The van der Waals surface area contributed by atoms with Crippen LogP contribution in [0.1, 0.15) is 22.7 Å². The van der Waals surface area contributed by atoms with Crippen LogP contribution in [0.2, 0.25) is 0 Å². The van der Waals surface area contributed by atoms with Gasteiger partial charge in [0.05, 0.1) is 16.3 Å². The van der Waals surface area contributed by atoms with Crippen molar-refractivity contribution in [3.8, 4) is 0 Å². The Morgan fingerprint density at radius 3 is 2.43 bits per heavy atom. The molecule has 0 saturated carbocycles. The number of primary sulfonamides is 1. The van der Waals surface area contributed by atoms with Crippen LogP contribution in [0.5, 0.6) is 0 Å². The topological polar surface area (TPSA) is 134 Å². The van der Waals surface area contributed by atoms with E-state index in [0.29, 0.717) is 29.7 Å². The third-order valence-corrected chi connectivity index (χ3v) is 7.77. The first-order valence-electron chi connectivity index (χ1n) is 11.5. The van der Waals surface area contributed by atoms with Gasteiger partial charge in [0.15, 0.2) is 11.2 Å². The van der Waals surface area contributed by atoms with Gasteiger partial charge in [0.25, 0.3) is 5.91 Å². The predicted molar refractivity (Wildman–Crippen MR) is 143 cm³/mol. The number of nitrogens with one attached hydrogen (secondary N) is 1. The number of nitrogens with zero attached hydrogens (tertiary/aromatic N) is 3. The lowest BCUT2D eigenvalue weighted by Gasteiger charge is -2.25. The maximum atomic E-state index is 13.4. The van der Waals surface area contributed by atoms with E-state index in [4.69, 9.17) is 10.1 Å². The summed E-state index contributed by atoms with van der Waals surface area (Å²) < 4.78 is 22.7. The summed E-state index contributed by atoms with van der Waals surface area (Å²) >= 11 is 1.18. The minimum atomic E-state index is -3.74. The minimum absolute atomic E-state index is 0.0420. The van der Waals surface area contributed by atoms with Crippen LogP contribution in [0.15, 0.2) is 93.7 Å². The summed E-state index contributed by atoms with van der Waals surface area (Å²) in [5, 5.41) is 8.38. The lowest BCUT2D eigenvalue weighted by molar-refractivity contribution is -0.124. The van der Waals surface area contributed by atoms with Crippen LogP contribution in [-0.4, -0.2) is 48.4 Å². The summed E-state index contributed by atoms with van der Waals surface area (Å²) in [6.45, 7) is 0.370. The SMILES string of the molecule is NS(=O)(=O)c1ccc(CCNC(=O)CSC2=Nc3ccccc3C3=N[C@@H](c4ccccc4)C(=O)N23)cc1. The van der Waals surface area contributed by atoms with Gasteiger partial charge in [-0.15, -0.1) is 0 Å². The molecular formula is C26H23N5O4S2. The molecule has 188 valence electrons. The van der Waals surface area contributed by atoms with E-state index >= 15 is 0 Å². The van der Waals surface area contributed by atoms with Crippen molar-refractivity contribution in [1.29, 1.82) is 0 Å². The number of benzene rings is 3. The van der Waals surface area contributed by atoms with Crippen molar-refractivity contribution < 1.29 is 18.0 Å². The summed E-state index contributed by atoms with van der Waals surface area (Å²) in [5.41, 5.74) is 3.14. The molecule has 0 fully saturated rings. The van der Waals surface area contributed by atoms with Crippen LogP contribution >= 0.6 is 11.8 Å². The zero-order chi connectivity index (χ0) is 26.0. The number of para-hydroxylation sites is 1. The first-order chi connectivity index (χ1) is 17.8. The Bertz CT molecular complexity index is 1520. The number of aliphatic imine (C=N–C) groups is 2. The molecule has 0 spiro atoms. The average molecular weight is 534 g/mol. The number of nitrogens with two attached hydrogens (primary N) is 1. The molecule has 1 atom stereocenters. The first kappa shape index (κ1) is 24.9. The van der Waals surface area contributed by atoms with Gasteiger partial charge in [-0.25, -0.2) is 28.4 Å². The standard InChI is InChI=1S/C26H23N5O4S2/c27-37(34,35)19-12-10-17(11-13-19)14-15-28-22(32)16-36-26-29-21-9-5-4-8-20(21)24-30-23(25(33)31(24)26)18-6-2-1-3-7-18/h1-13,23H,14-16H2,(H,28,32)(H2,27,34,35)/t23-/m0/s1. The zero-order valence-corrected chi connectivity index (χ0v) is 21.2. The number of carbonyl (C=O) groups excluding carboxylic acids is 2. The largest absolute Gasteiger partial charge is 0.355 e. The van der Waals surface area contributed by atoms with Gasteiger partial charge in [-0.1, -0.05) is 66.4 Å². The molecular weight excluding hydrogens is 510 g/mol. The number of sulfonamides is 1. The zero-order valence-electron chi connectivity index (χ0n) is 19.6. The fourth-order valence-electron chi connectivity index (χ4n) is 4.07. The Balaban J connectivity index is 1.24. The molecule has 11 heteroatoms. The average Bonchev–Trinajstić information content (AvgIpc) is 3.25. The molecule has 0 aromatic heterocycles. The fourth-order valence-corrected chi connectivity index (χ4v) is 5.42. The Kier molecular flexibility index (Phi) is 6.92. The van der Waals surface area contributed by atoms with Gasteiger partial charge in [0.1, 0.15) is 5.84 Å². The third kappa shape index (κ3) is 5.33. The van der Waals surface area contributed by atoms with Gasteiger partial charge in [-0.2, -0.15) is 0 Å². The van der Waals surface area contributed by atoms with Crippen LogP contribution in [0.25, 0.3) is 0 Å². The number of hydrogen-bond donors (Lipinski definition) is 2. The second-order valence-electron chi connectivity index (χ2n) is 8.43. The van der Waals surface area contributed by atoms with E-state index in [9.17, 15) is 18.0 Å². The number of thioether (sulfide) groups is 1. The molecule has 0 radical (unpaired) electrons. The number of hydrogen-bond acceptors (Lipinski definition) is 7. The second-order valence-corrected chi connectivity index (χ2v) is 10.9. The van der Waals surface area contributed by atoms with Crippen molar-refractivity contribution in [2.24, 2.45) is 15.1 Å². The van der Waals surface area contributed by atoms with Crippen molar-refractivity contribution in [2.75, 3.05) is 12.3 Å². The van der Waals surface area contributed by atoms with Crippen molar-refractivity contribution in [2.45, 2.75) is 17.4 Å². The highest BCUT2D eigenvalue weighted by Crippen LogP contribution is 2.37. The van der Waals surface area contributed by atoms with E-state index in [1.807, 2.05) is 54.6 Å². The quantitative estimate of drug-likeness (QED) is 0.482. The van der Waals surface area contributed by atoms with Crippen molar-refractivity contribution >= 4 is 50.3 Å². The van der Waals surface area contributed by atoms with E-state index in [2.05, 4.69) is 10.3 Å². The van der Waals surface area contributed by atoms with Crippen LogP contribution in [0.3, 0.4) is 0 Å². The molecule has 2 heterocycles. The number of amides is 2. The molecule has 3 N–H and O–H groups in total. The summed E-state index contributed by atoms with van der Waals surface area (Å²) in [5.74, 6) is 0.191. The highest BCUT2D eigenvalue weighted by molar-refractivity contribution is 8.14. The van der Waals surface area contributed by atoms with E-state index in [1.54, 1.807) is 12.1 Å². The minimum Gasteiger partial charge on any atom is -0.355 e. The van der Waals surface area contributed by atoms with E-state index in [-0.39, 0.29) is 22.5 Å². The predicted octanol–water partition coefficient (Wildman–Crippen LogP) is 2.76. The summed E-state index contributed by atoms with van der Waals surface area (Å²) in [4.78, 5) is 36.9. The van der Waals surface area contributed by atoms with Crippen molar-refractivity contribution in [3.05, 3.63) is 95.6 Å². The first-order valence-corrected chi connectivity index (χ1v) is 14.0. The molecule has 2 aliphatic rings. The molecule has 0 saturated heterocycles. The van der Waals surface area contributed by atoms with Crippen LogP contribution in [0.4, 0.5) is 5.69 Å². The molecule has 3 aromatic rings. The normalized spacial score (nSPS) is 16.5. The molecule has 0 bridgehead atoms. The Labute approximate surface area is 218 Å². The molecule has 5 rings (SSSR count). The maximum Gasteiger partial charge on any atom is 0.263 e. The van der Waals surface area contributed by atoms with Crippen LogP contribution < -0.4 is 10.5 Å². The molecule has 2 amide bonds. The van der Waals surface area contributed by atoms with Gasteiger partial charge in [0.2, 0.25) is 15.9 Å². The van der Waals surface area contributed by atoms with Crippen LogP contribution in [0, 0.1) is 0 Å². The highest BCUT2D eigenvalue weighted by Gasteiger charge is 2.42.